The van der Waals surface area contributed by atoms with Crippen molar-refractivity contribution >= 4 is 10.1 Å². The maximum absolute atomic E-state index is 12.0. The lowest BCUT2D eigenvalue weighted by molar-refractivity contribution is 0.253. The van der Waals surface area contributed by atoms with Gasteiger partial charge >= 0.3 is 0 Å². The Morgan fingerprint density at radius 2 is 1.75 bits per heavy atom. The SMILES string of the molecule is CCCCCC[C@@H](C)COS(=O)(=O)c1ccc(C)cc1. The zero-order valence-electron chi connectivity index (χ0n) is 12.8. The second kappa shape index (κ2) is 8.42. The predicted molar refractivity (Wildman–Crippen MR) is 82.2 cm³/mol. The third-order valence-corrected chi connectivity index (χ3v) is 4.66. The van der Waals surface area contributed by atoms with Crippen molar-refractivity contribution in [3.8, 4) is 0 Å². The molecule has 0 saturated heterocycles. The largest absolute Gasteiger partial charge is 0.296 e. The molecule has 0 spiro atoms. The number of unbranched alkanes of at least 4 members (excludes halogenated alkanes) is 3. The molecule has 0 radical (unpaired) electrons. The van der Waals surface area contributed by atoms with Gasteiger partial charge < -0.3 is 0 Å². The van der Waals surface area contributed by atoms with E-state index < -0.39 is 10.1 Å². The van der Waals surface area contributed by atoms with E-state index in [2.05, 4.69) is 6.92 Å². The van der Waals surface area contributed by atoms with E-state index in [9.17, 15) is 8.42 Å². The minimum absolute atomic E-state index is 0.237. The highest BCUT2D eigenvalue weighted by Gasteiger charge is 2.16. The van der Waals surface area contributed by atoms with E-state index in [1.165, 1.54) is 19.3 Å². The summed E-state index contributed by atoms with van der Waals surface area (Å²) in [6.07, 6.45) is 5.83. The van der Waals surface area contributed by atoms with Crippen LogP contribution in [0.2, 0.25) is 0 Å². The summed E-state index contributed by atoms with van der Waals surface area (Å²) in [4.78, 5) is 0.237. The average Bonchev–Trinajstić information content (AvgIpc) is 2.42. The molecule has 0 heterocycles. The Morgan fingerprint density at radius 1 is 1.10 bits per heavy atom. The maximum atomic E-state index is 12.0. The van der Waals surface area contributed by atoms with Crippen LogP contribution in [0.1, 0.15) is 51.5 Å². The van der Waals surface area contributed by atoms with E-state index in [0.29, 0.717) is 0 Å². The van der Waals surface area contributed by atoms with Crippen molar-refractivity contribution in [1.82, 2.24) is 0 Å². The summed E-state index contributed by atoms with van der Waals surface area (Å²) in [6.45, 7) is 6.41. The van der Waals surface area contributed by atoms with Crippen LogP contribution in [-0.4, -0.2) is 15.0 Å². The zero-order valence-corrected chi connectivity index (χ0v) is 13.6. The minimum Gasteiger partial charge on any atom is -0.266 e. The van der Waals surface area contributed by atoms with Crippen LogP contribution < -0.4 is 0 Å². The molecule has 1 rings (SSSR count). The van der Waals surface area contributed by atoms with E-state index in [1.807, 2.05) is 13.8 Å². The molecule has 0 fully saturated rings. The topological polar surface area (TPSA) is 43.4 Å². The summed E-state index contributed by atoms with van der Waals surface area (Å²) in [6, 6.07) is 6.75. The summed E-state index contributed by atoms with van der Waals surface area (Å²) >= 11 is 0. The fraction of sp³-hybridized carbons (Fsp3) is 0.625. The number of hydrogen-bond donors (Lipinski definition) is 0. The van der Waals surface area contributed by atoms with Crippen molar-refractivity contribution in [1.29, 1.82) is 0 Å². The van der Waals surface area contributed by atoms with Gasteiger partial charge in [0.15, 0.2) is 0 Å². The molecule has 0 aromatic heterocycles. The molecule has 114 valence electrons. The van der Waals surface area contributed by atoms with Crippen molar-refractivity contribution < 1.29 is 12.6 Å². The molecule has 1 atom stereocenters. The van der Waals surface area contributed by atoms with E-state index in [1.54, 1.807) is 24.3 Å². The molecule has 0 unspecified atom stereocenters. The molecule has 0 bridgehead atoms. The number of aryl methyl sites for hydroxylation is 1. The molecule has 3 nitrogen and oxygen atoms in total. The molecular formula is C16H26O3S. The average molecular weight is 298 g/mol. The molecule has 20 heavy (non-hydrogen) atoms. The normalized spacial score (nSPS) is 13.3. The quantitative estimate of drug-likeness (QED) is 0.504. The molecule has 4 heteroatoms. The molecule has 0 saturated carbocycles. The summed E-state index contributed by atoms with van der Waals surface area (Å²) in [5.74, 6) is 0.270. The van der Waals surface area contributed by atoms with Gasteiger partial charge in [-0.15, -0.1) is 0 Å². The molecule has 0 N–H and O–H groups in total. The second-order valence-corrected chi connectivity index (χ2v) is 7.12. The fourth-order valence-corrected chi connectivity index (χ4v) is 3.00. The van der Waals surface area contributed by atoms with E-state index in [-0.39, 0.29) is 17.4 Å². The van der Waals surface area contributed by atoms with Crippen molar-refractivity contribution in [2.24, 2.45) is 5.92 Å². The van der Waals surface area contributed by atoms with Gasteiger partial charge in [-0.2, -0.15) is 8.42 Å². The number of rotatable bonds is 9. The third kappa shape index (κ3) is 6.06. The highest BCUT2D eigenvalue weighted by atomic mass is 32.2. The Labute approximate surface area is 123 Å². The molecule has 0 aliphatic carbocycles. The first-order valence-electron chi connectivity index (χ1n) is 7.42. The summed E-state index contributed by atoms with van der Waals surface area (Å²) < 4.78 is 29.2. The van der Waals surface area contributed by atoms with Gasteiger partial charge in [-0.05, 0) is 31.4 Å². The molecular weight excluding hydrogens is 272 g/mol. The third-order valence-electron chi connectivity index (χ3n) is 3.37. The van der Waals surface area contributed by atoms with Gasteiger partial charge in [0, 0.05) is 0 Å². The lowest BCUT2D eigenvalue weighted by atomic mass is 10.0. The molecule has 0 amide bonds. The van der Waals surface area contributed by atoms with Gasteiger partial charge in [-0.25, -0.2) is 0 Å². The fourth-order valence-electron chi connectivity index (χ4n) is 1.98. The van der Waals surface area contributed by atoms with Crippen molar-refractivity contribution in [2.45, 2.75) is 57.8 Å². The van der Waals surface area contributed by atoms with Crippen LogP contribution in [0.4, 0.5) is 0 Å². The Balaban J connectivity index is 2.41. The van der Waals surface area contributed by atoms with E-state index in [0.717, 1.165) is 18.4 Å². The highest BCUT2D eigenvalue weighted by Crippen LogP contribution is 2.16. The van der Waals surface area contributed by atoms with Gasteiger partial charge in [-0.1, -0.05) is 57.2 Å². The lowest BCUT2D eigenvalue weighted by Crippen LogP contribution is -2.13. The van der Waals surface area contributed by atoms with E-state index in [4.69, 9.17) is 4.18 Å². The summed E-state index contributed by atoms with van der Waals surface area (Å²) in [5.41, 5.74) is 1.04. The smallest absolute Gasteiger partial charge is 0.266 e. The number of benzene rings is 1. The maximum Gasteiger partial charge on any atom is 0.296 e. The number of hydrogen-bond acceptors (Lipinski definition) is 3. The van der Waals surface area contributed by atoms with Gasteiger partial charge in [-0.3, -0.25) is 4.18 Å². The Hall–Kier alpha value is -0.870. The monoisotopic (exact) mass is 298 g/mol. The summed E-state index contributed by atoms with van der Waals surface area (Å²) in [5, 5.41) is 0. The van der Waals surface area contributed by atoms with Crippen molar-refractivity contribution in [3.05, 3.63) is 29.8 Å². The predicted octanol–water partition coefficient (Wildman–Crippen LogP) is 4.31. The van der Waals surface area contributed by atoms with Gasteiger partial charge in [0.1, 0.15) is 0 Å². The van der Waals surface area contributed by atoms with E-state index >= 15 is 0 Å². The first-order chi connectivity index (χ1) is 9.45. The molecule has 1 aromatic rings. The molecule has 0 aliphatic heterocycles. The zero-order chi connectivity index (χ0) is 15.0. The van der Waals surface area contributed by atoms with Crippen LogP contribution in [0.15, 0.2) is 29.2 Å². The van der Waals surface area contributed by atoms with Crippen LogP contribution in [-0.2, 0) is 14.3 Å². The first kappa shape index (κ1) is 17.2. The van der Waals surface area contributed by atoms with Crippen LogP contribution in [0.5, 0.6) is 0 Å². The van der Waals surface area contributed by atoms with Crippen LogP contribution in [0.3, 0.4) is 0 Å². The van der Waals surface area contributed by atoms with Gasteiger partial charge in [0.25, 0.3) is 10.1 Å². The highest BCUT2D eigenvalue weighted by molar-refractivity contribution is 7.86. The van der Waals surface area contributed by atoms with Crippen LogP contribution in [0.25, 0.3) is 0 Å². The van der Waals surface area contributed by atoms with Gasteiger partial charge in [0.2, 0.25) is 0 Å². The Kier molecular flexibility index (Phi) is 7.24. The first-order valence-corrected chi connectivity index (χ1v) is 8.82. The lowest BCUT2D eigenvalue weighted by Gasteiger charge is -2.12. The molecule has 0 aliphatic rings. The second-order valence-electron chi connectivity index (χ2n) is 5.51. The standard InChI is InChI=1S/C16H26O3S/c1-4-5-6-7-8-15(3)13-19-20(17,18)16-11-9-14(2)10-12-16/h9-12,15H,4-8,13H2,1-3H3/t15-/m1/s1. The minimum atomic E-state index is -3.61. The van der Waals surface area contributed by atoms with Crippen molar-refractivity contribution in [2.75, 3.05) is 6.61 Å². The van der Waals surface area contributed by atoms with Gasteiger partial charge in [0.05, 0.1) is 11.5 Å². The van der Waals surface area contributed by atoms with Crippen LogP contribution in [0, 0.1) is 12.8 Å². The Bertz CT molecular complexity index is 477. The summed E-state index contributed by atoms with van der Waals surface area (Å²) in [7, 11) is -3.61. The van der Waals surface area contributed by atoms with Crippen LogP contribution >= 0.6 is 0 Å². The van der Waals surface area contributed by atoms with Crippen molar-refractivity contribution in [3.63, 3.8) is 0 Å². The molecule has 1 aromatic carbocycles. The Morgan fingerprint density at radius 3 is 2.35 bits per heavy atom.